The molecular weight excluding hydrogens is 376 g/mol. The Morgan fingerprint density at radius 2 is 1.67 bits per heavy atom. The molecule has 2 aromatic rings. The molecule has 0 radical (unpaired) electrons. The van der Waals surface area contributed by atoms with Gasteiger partial charge in [-0.3, -0.25) is 19.9 Å². The quantitative estimate of drug-likeness (QED) is 0.392. The van der Waals surface area contributed by atoms with E-state index in [0.29, 0.717) is 18.0 Å². The number of nitrogens with two attached hydrogens (primary N) is 1. The highest BCUT2D eigenvalue weighted by Crippen LogP contribution is 2.45. The summed E-state index contributed by atoms with van der Waals surface area (Å²) in [7, 11) is 0. The van der Waals surface area contributed by atoms with Gasteiger partial charge in [0.05, 0.1) is 18.4 Å². The second-order valence-corrected chi connectivity index (χ2v) is 8.72. The minimum Gasteiger partial charge on any atom is -0.384 e. The van der Waals surface area contributed by atoms with Crippen molar-refractivity contribution in [2.45, 2.75) is 38.9 Å². The molecule has 0 aromatic heterocycles. The molecule has 2 aliphatic heterocycles. The molecule has 2 fully saturated rings. The SMILES string of the molecule is CC(C)C[C@@H]1N[C@@H](c2ccc(C(=N)N)cc2)[C@H]2C(=O)N(Cc3ccccc3)C(=O)[C@H]21. The fraction of sp³-hybridized carbons (Fsp3) is 0.375. The van der Waals surface area contributed by atoms with Crippen molar-refractivity contribution in [3.63, 3.8) is 0 Å². The van der Waals surface area contributed by atoms with Crippen molar-refractivity contribution in [3.05, 3.63) is 71.3 Å². The van der Waals surface area contributed by atoms with Crippen LogP contribution in [0.3, 0.4) is 0 Å². The molecule has 2 aromatic carbocycles. The van der Waals surface area contributed by atoms with Crippen LogP contribution in [0.1, 0.15) is 43.0 Å². The number of amidine groups is 1. The van der Waals surface area contributed by atoms with E-state index in [9.17, 15) is 9.59 Å². The van der Waals surface area contributed by atoms with Crippen LogP contribution < -0.4 is 11.1 Å². The molecule has 2 heterocycles. The van der Waals surface area contributed by atoms with Crippen molar-refractivity contribution in [1.82, 2.24) is 10.2 Å². The Hall–Kier alpha value is -2.99. The number of amides is 2. The molecule has 30 heavy (non-hydrogen) atoms. The highest BCUT2D eigenvalue weighted by molar-refractivity contribution is 6.06. The van der Waals surface area contributed by atoms with E-state index in [0.717, 1.165) is 17.5 Å². The second-order valence-electron chi connectivity index (χ2n) is 8.72. The number of carbonyl (C=O) groups excluding carboxylic acids is 2. The number of benzene rings is 2. The maximum Gasteiger partial charge on any atom is 0.235 e. The molecule has 4 atom stereocenters. The van der Waals surface area contributed by atoms with Gasteiger partial charge in [-0.05, 0) is 23.5 Å². The van der Waals surface area contributed by atoms with Crippen molar-refractivity contribution in [2.24, 2.45) is 23.5 Å². The molecule has 0 unspecified atom stereocenters. The van der Waals surface area contributed by atoms with Crippen LogP contribution >= 0.6 is 0 Å². The summed E-state index contributed by atoms with van der Waals surface area (Å²) in [4.78, 5) is 28.2. The monoisotopic (exact) mass is 404 g/mol. The number of nitrogens with zero attached hydrogens (tertiary/aromatic N) is 1. The number of nitrogens with one attached hydrogen (secondary N) is 2. The van der Waals surface area contributed by atoms with Gasteiger partial charge in [0.1, 0.15) is 5.84 Å². The summed E-state index contributed by atoms with van der Waals surface area (Å²) in [5.74, 6) is -0.511. The summed E-state index contributed by atoms with van der Waals surface area (Å²) in [5.41, 5.74) is 8.12. The summed E-state index contributed by atoms with van der Waals surface area (Å²) in [5, 5.41) is 11.2. The first-order valence-corrected chi connectivity index (χ1v) is 10.5. The summed E-state index contributed by atoms with van der Waals surface area (Å²) >= 11 is 0. The van der Waals surface area contributed by atoms with Crippen LogP contribution in [0, 0.1) is 23.2 Å². The van der Waals surface area contributed by atoms with Gasteiger partial charge in [0, 0.05) is 17.6 Å². The summed E-state index contributed by atoms with van der Waals surface area (Å²) < 4.78 is 0. The van der Waals surface area contributed by atoms with Gasteiger partial charge in [-0.1, -0.05) is 68.4 Å². The number of carbonyl (C=O) groups is 2. The Balaban J connectivity index is 1.65. The molecule has 0 spiro atoms. The van der Waals surface area contributed by atoms with E-state index >= 15 is 0 Å². The molecule has 0 saturated carbocycles. The van der Waals surface area contributed by atoms with E-state index in [1.54, 1.807) is 12.1 Å². The normalized spacial score (nSPS) is 25.8. The van der Waals surface area contributed by atoms with Gasteiger partial charge in [0.25, 0.3) is 0 Å². The Morgan fingerprint density at radius 3 is 2.27 bits per heavy atom. The molecule has 2 aliphatic rings. The van der Waals surface area contributed by atoms with Crippen molar-refractivity contribution in [1.29, 1.82) is 5.41 Å². The van der Waals surface area contributed by atoms with Crippen molar-refractivity contribution in [2.75, 3.05) is 0 Å². The molecular formula is C24H28N4O2. The van der Waals surface area contributed by atoms with Crippen molar-refractivity contribution < 1.29 is 9.59 Å². The molecule has 0 aliphatic carbocycles. The molecule has 2 saturated heterocycles. The average molecular weight is 405 g/mol. The number of imide groups is 1. The van der Waals surface area contributed by atoms with Gasteiger partial charge in [-0.15, -0.1) is 0 Å². The summed E-state index contributed by atoms with van der Waals surface area (Å²) in [6, 6.07) is 16.8. The first-order valence-electron chi connectivity index (χ1n) is 10.5. The van der Waals surface area contributed by atoms with Crippen LogP contribution in [0.2, 0.25) is 0 Å². The van der Waals surface area contributed by atoms with Gasteiger partial charge in [0.15, 0.2) is 0 Å². The molecule has 2 amide bonds. The lowest BCUT2D eigenvalue weighted by molar-refractivity contribution is -0.141. The van der Waals surface area contributed by atoms with E-state index in [4.69, 9.17) is 11.1 Å². The van der Waals surface area contributed by atoms with Gasteiger partial charge >= 0.3 is 0 Å². The second kappa shape index (κ2) is 8.03. The maximum atomic E-state index is 13.4. The molecule has 4 rings (SSSR count). The number of fused-ring (bicyclic) bond motifs is 1. The van der Waals surface area contributed by atoms with Gasteiger partial charge in [0.2, 0.25) is 11.8 Å². The van der Waals surface area contributed by atoms with Crippen LogP contribution in [-0.4, -0.2) is 28.6 Å². The van der Waals surface area contributed by atoms with Gasteiger partial charge in [-0.2, -0.15) is 0 Å². The average Bonchev–Trinajstić information content (AvgIpc) is 3.20. The Bertz CT molecular complexity index is 955. The zero-order valence-electron chi connectivity index (χ0n) is 17.3. The van der Waals surface area contributed by atoms with E-state index in [1.165, 1.54) is 4.90 Å². The van der Waals surface area contributed by atoms with E-state index in [1.807, 2.05) is 42.5 Å². The standard InChI is InChI=1S/C24H28N4O2/c1-14(2)12-18-19-20(21(27-18)16-8-10-17(11-9-16)22(25)26)24(30)28(23(19)29)13-15-6-4-3-5-7-15/h3-11,14,18-21,27H,12-13H2,1-2H3,(H3,25,26)/t18-,19-,20-,21-/m0/s1. The topological polar surface area (TPSA) is 99.3 Å². The van der Waals surface area contributed by atoms with Gasteiger partial charge < -0.3 is 11.1 Å². The zero-order valence-corrected chi connectivity index (χ0v) is 17.3. The van der Waals surface area contributed by atoms with Crippen LogP contribution in [0.25, 0.3) is 0 Å². The summed E-state index contributed by atoms with van der Waals surface area (Å²) in [6.45, 7) is 4.58. The highest BCUT2D eigenvalue weighted by Gasteiger charge is 2.58. The number of nitrogen functional groups attached to an aromatic ring is 1. The lowest BCUT2D eigenvalue weighted by atomic mass is 9.84. The molecule has 6 heteroatoms. The van der Waals surface area contributed by atoms with Crippen LogP contribution in [0.5, 0.6) is 0 Å². The number of hydrogen-bond donors (Lipinski definition) is 3. The first kappa shape index (κ1) is 20.3. The molecule has 6 nitrogen and oxygen atoms in total. The van der Waals surface area contributed by atoms with Crippen molar-refractivity contribution in [3.8, 4) is 0 Å². The minimum atomic E-state index is -0.409. The van der Waals surface area contributed by atoms with Crippen LogP contribution in [0.15, 0.2) is 54.6 Å². The molecule has 0 bridgehead atoms. The van der Waals surface area contributed by atoms with E-state index in [2.05, 4.69) is 19.2 Å². The first-order chi connectivity index (χ1) is 14.4. The maximum absolute atomic E-state index is 13.4. The zero-order chi connectivity index (χ0) is 21.4. The third-order valence-corrected chi connectivity index (χ3v) is 6.17. The lowest BCUT2D eigenvalue weighted by Crippen LogP contribution is -2.39. The predicted molar refractivity (Wildman–Crippen MR) is 116 cm³/mol. The fourth-order valence-corrected chi connectivity index (χ4v) is 4.80. The Morgan fingerprint density at radius 1 is 1.03 bits per heavy atom. The third-order valence-electron chi connectivity index (χ3n) is 6.17. The smallest absolute Gasteiger partial charge is 0.235 e. The lowest BCUT2D eigenvalue weighted by Gasteiger charge is -2.23. The fourth-order valence-electron chi connectivity index (χ4n) is 4.80. The largest absolute Gasteiger partial charge is 0.384 e. The Kier molecular flexibility index (Phi) is 5.43. The minimum absolute atomic E-state index is 0.0117. The highest BCUT2D eigenvalue weighted by atomic mass is 16.2. The van der Waals surface area contributed by atoms with Gasteiger partial charge in [-0.25, -0.2) is 0 Å². The number of hydrogen-bond acceptors (Lipinski definition) is 4. The van der Waals surface area contributed by atoms with Crippen LogP contribution in [-0.2, 0) is 16.1 Å². The Labute approximate surface area is 177 Å². The van der Waals surface area contributed by atoms with E-state index in [-0.39, 0.29) is 35.7 Å². The van der Waals surface area contributed by atoms with Crippen LogP contribution in [0.4, 0.5) is 0 Å². The van der Waals surface area contributed by atoms with E-state index < -0.39 is 5.92 Å². The molecule has 156 valence electrons. The third kappa shape index (κ3) is 3.63. The number of likely N-dealkylation sites (tertiary alicyclic amines) is 1. The summed E-state index contributed by atoms with van der Waals surface area (Å²) in [6.07, 6.45) is 0.835. The van der Waals surface area contributed by atoms with Crippen molar-refractivity contribution >= 4 is 17.6 Å². The molecule has 4 N–H and O–H groups in total. The predicted octanol–water partition coefficient (Wildman–Crippen LogP) is 2.83. The number of rotatable bonds is 6.